The van der Waals surface area contributed by atoms with E-state index in [9.17, 15) is 18.0 Å². The van der Waals surface area contributed by atoms with Crippen LogP contribution in [0, 0.1) is 0 Å². The van der Waals surface area contributed by atoms with Crippen molar-refractivity contribution in [2.45, 2.75) is 50.0 Å². The normalized spacial score (nSPS) is 23.1. The van der Waals surface area contributed by atoms with Gasteiger partial charge < -0.3 is 30.0 Å². The van der Waals surface area contributed by atoms with Crippen LogP contribution in [0.1, 0.15) is 40.7 Å². The summed E-state index contributed by atoms with van der Waals surface area (Å²) in [5.74, 6) is 0.956. The maximum absolute atomic E-state index is 13.6. The maximum atomic E-state index is 13.6. The molecule has 9 nitrogen and oxygen atoms in total. The van der Waals surface area contributed by atoms with Crippen molar-refractivity contribution in [3.8, 4) is 5.75 Å². The third-order valence-electron chi connectivity index (χ3n) is 8.73. The van der Waals surface area contributed by atoms with Crippen molar-refractivity contribution in [1.82, 2.24) is 19.8 Å². The fraction of sp³-hybridized carbons (Fsp3) is 0.500. The SMILES string of the molecule is CNc1cc(Nc2ccc(C(=O)N3CCC(N4C[C@@H]5CC4CO5)CC3)c3c2OCC3)nc2[nH]cc(C(F)(F)F)c12. The minimum Gasteiger partial charge on any atom is -0.491 e. The number of carbonyl (C=O) groups is 1. The van der Waals surface area contributed by atoms with Gasteiger partial charge in [-0.1, -0.05) is 0 Å². The molecule has 3 fully saturated rings. The van der Waals surface area contributed by atoms with Crippen molar-refractivity contribution in [2.24, 2.45) is 0 Å². The summed E-state index contributed by atoms with van der Waals surface area (Å²) < 4.78 is 52.1. The summed E-state index contributed by atoms with van der Waals surface area (Å²) in [6.45, 7) is 3.74. The monoisotopic (exact) mass is 556 g/mol. The van der Waals surface area contributed by atoms with Crippen LogP contribution in [0.2, 0.25) is 0 Å². The number of ether oxygens (including phenoxy) is 2. The van der Waals surface area contributed by atoms with Crippen molar-refractivity contribution < 1.29 is 27.4 Å². The number of anilines is 3. The van der Waals surface area contributed by atoms with Crippen LogP contribution in [-0.2, 0) is 17.3 Å². The van der Waals surface area contributed by atoms with Crippen LogP contribution in [0.3, 0.4) is 0 Å². The largest absolute Gasteiger partial charge is 0.491 e. The molecule has 2 bridgehead atoms. The number of pyridine rings is 1. The Bertz CT molecular complexity index is 1470. The Kier molecular flexibility index (Phi) is 6.08. The summed E-state index contributed by atoms with van der Waals surface area (Å²) in [7, 11) is 1.57. The molecular weight excluding hydrogens is 525 g/mol. The lowest BCUT2D eigenvalue weighted by atomic mass is 9.98. The Morgan fingerprint density at radius 2 is 2.00 bits per heavy atom. The summed E-state index contributed by atoms with van der Waals surface area (Å²) in [5, 5.41) is 6.03. The first-order valence-electron chi connectivity index (χ1n) is 13.8. The molecule has 3 saturated heterocycles. The average molecular weight is 557 g/mol. The van der Waals surface area contributed by atoms with Crippen molar-refractivity contribution in [2.75, 3.05) is 50.5 Å². The third kappa shape index (κ3) is 4.24. The number of piperidine rings is 1. The van der Waals surface area contributed by atoms with Gasteiger partial charge in [0, 0.05) is 74.3 Å². The number of halogens is 3. The number of morpholine rings is 1. The topological polar surface area (TPSA) is 94.8 Å². The number of carbonyl (C=O) groups excluding carboxylic acids is 1. The van der Waals surface area contributed by atoms with Crippen LogP contribution in [0.25, 0.3) is 11.0 Å². The second-order valence-corrected chi connectivity index (χ2v) is 11.0. The van der Waals surface area contributed by atoms with Crippen molar-refractivity contribution in [3.63, 3.8) is 0 Å². The van der Waals surface area contributed by atoms with Crippen molar-refractivity contribution in [3.05, 3.63) is 41.1 Å². The van der Waals surface area contributed by atoms with E-state index in [1.807, 2.05) is 11.0 Å². The fourth-order valence-electron chi connectivity index (χ4n) is 6.80. The summed E-state index contributed by atoms with van der Waals surface area (Å²) in [6.07, 6.45) is 0.463. The predicted octanol–water partition coefficient (Wildman–Crippen LogP) is 4.38. The van der Waals surface area contributed by atoms with Gasteiger partial charge in [0.05, 0.1) is 36.0 Å². The molecule has 3 N–H and O–H groups in total. The van der Waals surface area contributed by atoms with Crippen molar-refractivity contribution in [1.29, 1.82) is 0 Å². The standard InChI is InChI=1S/C28H31F3N6O3/c1-32-22-11-23(35-26-24(22)20(12-33-26)28(29,30)31)34-21-3-2-19(18-6-9-39-25(18)21)27(38)36-7-4-15(5-8-36)37-13-17-10-16(37)14-40-17/h2-3,11-12,15-17H,4-10,13-14H2,1H3,(H3,32,33,34,35)/t16?,17-/m0/s1. The quantitative estimate of drug-likeness (QED) is 0.430. The molecular formula is C28H31F3N6O3. The third-order valence-corrected chi connectivity index (χ3v) is 8.73. The van der Waals surface area contributed by atoms with E-state index >= 15 is 0 Å². The highest BCUT2D eigenvalue weighted by Gasteiger charge is 2.43. The predicted molar refractivity (Wildman–Crippen MR) is 143 cm³/mol. The first-order valence-corrected chi connectivity index (χ1v) is 13.8. The Morgan fingerprint density at radius 1 is 1.18 bits per heavy atom. The van der Waals surface area contributed by atoms with Gasteiger partial charge in [-0.3, -0.25) is 9.69 Å². The molecule has 0 saturated carbocycles. The van der Waals surface area contributed by atoms with Gasteiger partial charge in [-0.15, -0.1) is 0 Å². The van der Waals surface area contributed by atoms with E-state index in [1.54, 1.807) is 13.1 Å². The minimum atomic E-state index is -4.50. The molecule has 7 rings (SSSR count). The average Bonchev–Trinajstić information content (AvgIpc) is 3.76. The van der Waals surface area contributed by atoms with Gasteiger partial charge in [0.1, 0.15) is 17.2 Å². The van der Waals surface area contributed by atoms with Gasteiger partial charge in [0.25, 0.3) is 5.91 Å². The number of fused-ring (bicyclic) bond motifs is 4. The van der Waals surface area contributed by atoms with Crippen LogP contribution < -0.4 is 15.4 Å². The highest BCUT2D eigenvalue weighted by molar-refractivity contribution is 5.98. The lowest BCUT2D eigenvalue weighted by Crippen LogP contribution is -2.50. The van der Waals surface area contributed by atoms with Crippen LogP contribution in [0.15, 0.2) is 24.4 Å². The smallest absolute Gasteiger partial charge is 0.418 e. The summed E-state index contributed by atoms with van der Waals surface area (Å²) in [5.41, 5.74) is 1.74. The van der Waals surface area contributed by atoms with Gasteiger partial charge in [-0.25, -0.2) is 4.98 Å². The number of rotatable bonds is 5. The molecule has 0 spiro atoms. The summed E-state index contributed by atoms with van der Waals surface area (Å²) in [4.78, 5) is 25.1. The summed E-state index contributed by atoms with van der Waals surface area (Å²) >= 11 is 0. The Balaban J connectivity index is 1.10. The number of benzene rings is 1. The number of hydrogen-bond acceptors (Lipinski definition) is 7. The van der Waals surface area contributed by atoms with E-state index in [1.165, 1.54) is 6.07 Å². The molecule has 40 heavy (non-hydrogen) atoms. The number of likely N-dealkylation sites (tertiary alicyclic amines) is 2. The molecule has 1 unspecified atom stereocenters. The number of alkyl halides is 3. The lowest BCUT2D eigenvalue weighted by Gasteiger charge is -2.40. The van der Waals surface area contributed by atoms with E-state index in [-0.39, 0.29) is 16.9 Å². The molecule has 0 radical (unpaired) electrons. The highest BCUT2D eigenvalue weighted by Crippen LogP contribution is 2.41. The second kappa shape index (κ2) is 9.55. The van der Waals surface area contributed by atoms with E-state index in [2.05, 4.69) is 25.5 Å². The lowest BCUT2D eigenvalue weighted by molar-refractivity contribution is -0.136. The molecule has 2 aromatic heterocycles. The summed E-state index contributed by atoms with van der Waals surface area (Å²) in [6, 6.07) is 6.17. The van der Waals surface area contributed by atoms with Crippen LogP contribution in [-0.4, -0.2) is 83.8 Å². The van der Waals surface area contributed by atoms with Crippen LogP contribution >= 0.6 is 0 Å². The Labute approximate surface area is 229 Å². The molecule has 0 aliphatic carbocycles. The van der Waals surface area contributed by atoms with Gasteiger partial charge >= 0.3 is 6.18 Å². The molecule has 6 heterocycles. The van der Waals surface area contributed by atoms with Crippen LogP contribution in [0.5, 0.6) is 5.75 Å². The van der Waals surface area contributed by atoms with E-state index in [0.717, 1.165) is 57.3 Å². The maximum Gasteiger partial charge on any atom is 0.418 e. The first kappa shape index (κ1) is 25.5. The first-order chi connectivity index (χ1) is 19.3. The number of amides is 1. The fourth-order valence-corrected chi connectivity index (χ4v) is 6.80. The highest BCUT2D eigenvalue weighted by atomic mass is 19.4. The second-order valence-electron chi connectivity index (χ2n) is 11.0. The van der Waals surface area contributed by atoms with E-state index in [4.69, 9.17) is 9.47 Å². The van der Waals surface area contributed by atoms with Crippen molar-refractivity contribution >= 4 is 34.1 Å². The molecule has 1 aromatic carbocycles. The van der Waals surface area contributed by atoms with E-state index < -0.39 is 11.7 Å². The molecule has 1 amide bonds. The Hall–Kier alpha value is -3.51. The molecule has 2 atom stereocenters. The zero-order valence-electron chi connectivity index (χ0n) is 22.1. The minimum absolute atomic E-state index is 0.0149. The molecule has 3 aromatic rings. The number of nitrogens with one attached hydrogen (secondary N) is 3. The number of nitrogens with zero attached hydrogens (tertiary/aromatic N) is 3. The Morgan fingerprint density at radius 3 is 2.70 bits per heavy atom. The molecule has 12 heteroatoms. The number of aromatic nitrogens is 2. The zero-order valence-corrected chi connectivity index (χ0v) is 22.1. The van der Waals surface area contributed by atoms with E-state index in [0.29, 0.717) is 59.7 Å². The van der Waals surface area contributed by atoms with Crippen LogP contribution in [0.4, 0.5) is 30.4 Å². The van der Waals surface area contributed by atoms with Gasteiger partial charge in [0.2, 0.25) is 0 Å². The zero-order chi connectivity index (χ0) is 27.6. The molecule has 4 aliphatic heterocycles. The molecule has 212 valence electrons. The van der Waals surface area contributed by atoms with Gasteiger partial charge in [-0.05, 0) is 31.4 Å². The van der Waals surface area contributed by atoms with Gasteiger partial charge in [0.15, 0.2) is 0 Å². The number of hydrogen-bond donors (Lipinski definition) is 3. The molecule has 4 aliphatic rings. The number of H-pyrrole nitrogens is 1. The number of aromatic amines is 1. The van der Waals surface area contributed by atoms with Gasteiger partial charge in [-0.2, -0.15) is 13.2 Å².